The minimum absolute atomic E-state index is 0.200. The fraction of sp³-hybridized carbons (Fsp3) is 0.692. The van der Waals surface area contributed by atoms with Crippen LogP contribution in [-0.4, -0.2) is 37.2 Å². The molecular formula is C13H22N2O6. The number of ether oxygens (including phenoxy) is 2. The van der Waals surface area contributed by atoms with Crippen molar-refractivity contribution in [3.63, 3.8) is 0 Å². The number of hydrogen-bond donors (Lipinski definition) is 2. The summed E-state index contributed by atoms with van der Waals surface area (Å²) < 4.78 is 9.37. The van der Waals surface area contributed by atoms with E-state index in [1.165, 1.54) is 0 Å². The molecule has 4 amide bonds. The first-order valence-corrected chi connectivity index (χ1v) is 6.92. The minimum atomic E-state index is -0.910. The summed E-state index contributed by atoms with van der Waals surface area (Å²) in [5, 5.41) is 3.76. The molecule has 0 radical (unpaired) electrons. The summed E-state index contributed by atoms with van der Waals surface area (Å²) in [5.41, 5.74) is 0. The lowest BCUT2D eigenvalue weighted by Crippen LogP contribution is -2.38. The van der Waals surface area contributed by atoms with E-state index < -0.39 is 30.4 Å². The van der Waals surface area contributed by atoms with Gasteiger partial charge in [-0.25, -0.2) is 9.59 Å². The molecule has 0 saturated carbocycles. The number of unbranched alkanes of at least 4 members (excludes halogenated alkanes) is 2. The summed E-state index contributed by atoms with van der Waals surface area (Å²) in [6, 6.07) is 0. The highest BCUT2D eigenvalue weighted by Crippen LogP contribution is 1.91. The number of carbonyl (C=O) groups excluding carboxylic acids is 4. The predicted octanol–water partition coefficient (Wildman–Crippen LogP) is 1.48. The maximum Gasteiger partial charge on any atom is 0.413 e. The van der Waals surface area contributed by atoms with Crippen molar-refractivity contribution in [3.05, 3.63) is 0 Å². The van der Waals surface area contributed by atoms with E-state index in [1.54, 1.807) is 0 Å². The van der Waals surface area contributed by atoms with Gasteiger partial charge in [-0.15, -0.1) is 0 Å². The number of carbonyl (C=O) groups is 4. The van der Waals surface area contributed by atoms with Gasteiger partial charge in [-0.2, -0.15) is 0 Å². The van der Waals surface area contributed by atoms with Gasteiger partial charge in [0, 0.05) is 0 Å². The molecule has 0 spiro atoms. The normalized spacial score (nSPS) is 9.62. The van der Waals surface area contributed by atoms with Gasteiger partial charge in [-0.1, -0.05) is 26.7 Å². The molecular weight excluding hydrogens is 280 g/mol. The van der Waals surface area contributed by atoms with E-state index in [2.05, 4.69) is 9.47 Å². The first-order chi connectivity index (χ1) is 9.99. The molecule has 21 heavy (non-hydrogen) atoms. The van der Waals surface area contributed by atoms with E-state index in [1.807, 2.05) is 24.5 Å². The van der Waals surface area contributed by atoms with Crippen LogP contribution in [0, 0.1) is 0 Å². The Labute approximate surface area is 123 Å². The van der Waals surface area contributed by atoms with E-state index >= 15 is 0 Å². The Bertz CT molecular complexity index is 336. The average molecular weight is 302 g/mol. The van der Waals surface area contributed by atoms with E-state index in [-0.39, 0.29) is 13.2 Å². The van der Waals surface area contributed by atoms with Gasteiger partial charge in [0.2, 0.25) is 11.8 Å². The molecule has 0 aromatic rings. The monoisotopic (exact) mass is 302 g/mol. The van der Waals surface area contributed by atoms with Crippen LogP contribution in [0.5, 0.6) is 0 Å². The van der Waals surface area contributed by atoms with Crippen LogP contribution in [0.2, 0.25) is 0 Å². The molecule has 0 fully saturated rings. The minimum Gasteiger partial charge on any atom is -0.449 e. The highest BCUT2D eigenvalue weighted by Gasteiger charge is 2.15. The lowest BCUT2D eigenvalue weighted by molar-refractivity contribution is -0.128. The molecule has 8 heteroatoms. The number of amides is 4. The molecule has 0 aliphatic heterocycles. The van der Waals surface area contributed by atoms with Crippen LogP contribution in [0.4, 0.5) is 9.59 Å². The van der Waals surface area contributed by atoms with E-state index in [4.69, 9.17) is 0 Å². The zero-order valence-corrected chi connectivity index (χ0v) is 12.4. The molecule has 2 N–H and O–H groups in total. The van der Waals surface area contributed by atoms with Crippen LogP contribution < -0.4 is 10.6 Å². The molecule has 0 rings (SSSR count). The average Bonchev–Trinajstić information content (AvgIpc) is 2.38. The third kappa shape index (κ3) is 11.4. The van der Waals surface area contributed by atoms with Gasteiger partial charge >= 0.3 is 12.2 Å². The van der Waals surface area contributed by atoms with Gasteiger partial charge in [-0.05, 0) is 12.8 Å². The van der Waals surface area contributed by atoms with Crippen molar-refractivity contribution in [2.45, 2.75) is 46.0 Å². The third-order valence-corrected chi connectivity index (χ3v) is 2.27. The van der Waals surface area contributed by atoms with Gasteiger partial charge in [0.05, 0.1) is 13.2 Å². The van der Waals surface area contributed by atoms with Crippen molar-refractivity contribution in [1.82, 2.24) is 10.6 Å². The first kappa shape index (κ1) is 18.9. The van der Waals surface area contributed by atoms with Crippen molar-refractivity contribution in [2.24, 2.45) is 0 Å². The summed E-state index contributed by atoms with van der Waals surface area (Å²) in [5.74, 6) is -1.70. The van der Waals surface area contributed by atoms with Gasteiger partial charge in [0.15, 0.2) is 0 Å². The molecule has 0 saturated heterocycles. The number of nitrogens with one attached hydrogen (secondary N) is 2. The second kappa shape index (κ2) is 11.7. The van der Waals surface area contributed by atoms with Crippen LogP contribution in [0.15, 0.2) is 0 Å². The number of hydrogen-bond acceptors (Lipinski definition) is 6. The molecule has 0 aromatic heterocycles. The molecule has 120 valence electrons. The zero-order chi connectivity index (χ0) is 16.1. The van der Waals surface area contributed by atoms with Crippen molar-refractivity contribution < 1.29 is 28.7 Å². The van der Waals surface area contributed by atoms with Crippen LogP contribution >= 0.6 is 0 Å². The second-order valence-electron chi connectivity index (χ2n) is 4.25. The number of alkyl carbamates (subject to hydrolysis) is 2. The number of imide groups is 2. The Morgan fingerprint density at radius 1 is 0.762 bits per heavy atom. The third-order valence-electron chi connectivity index (χ3n) is 2.27. The van der Waals surface area contributed by atoms with Crippen molar-refractivity contribution in [1.29, 1.82) is 0 Å². The summed E-state index contributed by atoms with van der Waals surface area (Å²) >= 11 is 0. The van der Waals surface area contributed by atoms with Crippen molar-refractivity contribution in [2.75, 3.05) is 13.2 Å². The van der Waals surface area contributed by atoms with Crippen LogP contribution in [0.1, 0.15) is 46.0 Å². The standard InChI is InChI=1S/C13H22N2O6/c1-3-5-7-20-12(18)14-10(16)9-11(17)15-13(19)21-8-6-4-2/h3-9H2,1-2H3,(H,14,16,18)(H,15,17,19). The Kier molecular flexibility index (Phi) is 10.5. The molecule has 0 aliphatic rings. The Hall–Kier alpha value is -2.12. The van der Waals surface area contributed by atoms with Crippen LogP contribution in [-0.2, 0) is 19.1 Å². The molecule has 0 heterocycles. The fourth-order valence-electron chi connectivity index (χ4n) is 1.15. The second-order valence-corrected chi connectivity index (χ2v) is 4.25. The number of rotatable bonds is 8. The van der Waals surface area contributed by atoms with Gasteiger partial charge in [-0.3, -0.25) is 20.2 Å². The summed E-state index contributed by atoms with van der Waals surface area (Å²) in [7, 11) is 0. The topological polar surface area (TPSA) is 111 Å². The highest BCUT2D eigenvalue weighted by molar-refractivity contribution is 6.06. The molecule has 0 aliphatic carbocycles. The quantitative estimate of drug-likeness (QED) is 0.519. The van der Waals surface area contributed by atoms with Crippen molar-refractivity contribution >= 4 is 24.0 Å². The lowest BCUT2D eigenvalue weighted by atomic mass is 10.4. The van der Waals surface area contributed by atoms with Crippen LogP contribution in [0.3, 0.4) is 0 Å². The summed E-state index contributed by atoms with van der Waals surface area (Å²) in [6.45, 7) is 4.25. The lowest BCUT2D eigenvalue weighted by Gasteiger charge is -2.06. The predicted molar refractivity (Wildman–Crippen MR) is 73.4 cm³/mol. The largest absolute Gasteiger partial charge is 0.449 e. The Morgan fingerprint density at radius 3 is 1.48 bits per heavy atom. The van der Waals surface area contributed by atoms with Gasteiger partial charge in [0.1, 0.15) is 6.42 Å². The molecule has 8 nitrogen and oxygen atoms in total. The Balaban J connectivity index is 3.85. The van der Waals surface area contributed by atoms with E-state index in [9.17, 15) is 19.2 Å². The Morgan fingerprint density at radius 2 is 1.14 bits per heavy atom. The van der Waals surface area contributed by atoms with Crippen LogP contribution in [0.25, 0.3) is 0 Å². The van der Waals surface area contributed by atoms with E-state index in [0.29, 0.717) is 12.8 Å². The smallest absolute Gasteiger partial charge is 0.413 e. The first-order valence-electron chi connectivity index (χ1n) is 6.92. The molecule has 0 aromatic carbocycles. The van der Waals surface area contributed by atoms with Gasteiger partial charge < -0.3 is 9.47 Å². The maximum atomic E-state index is 11.3. The summed E-state index contributed by atoms with van der Waals surface area (Å²) in [4.78, 5) is 44.9. The van der Waals surface area contributed by atoms with E-state index in [0.717, 1.165) is 12.8 Å². The molecule has 0 atom stereocenters. The highest BCUT2D eigenvalue weighted by atomic mass is 16.6. The zero-order valence-electron chi connectivity index (χ0n) is 12.4. The summed E-state index contributed by atoms with van der Waals surface area (Å²) in [6.07, 6.45) is 0.593. The fourth-order valence-corrected chi connectivity index (χ4v) is 1.15. The van der Waals surface area contributed by atoms with Gasteiger partial charge in [0.25, 0.3) is 0 Å². The van der Waals surface area contributed by atoms with Crippen molar-refractivity contribution in [3.8, 4) is 0 Å². The maximum absolute atomic E-state index is 11.3. The molecule has 0 bridgehead atoms. The molecule has 0 unspecified atom stereocenters. The SMILES string of the molecule is CCCCOC(=O)NC(=O)CC(=O)NC(=O)OCCCC.